The molecule has 3 aromatic rings. The minimum Gasteiger partial charge on any atom is -0.338 e. The largest absolute Gasteiger partial charge is 0.338 e. The van der Waals surface area contributed by atoms with E-state index in [-0.39, 0.29) is 17.1 Å². The molecule has 4 heteroatoms. The molecule has 4 rings (SSSR count). The number of aromatic nitrogens is 1. The molecule has 3 nitrogen and oxygen atoms in total. The number of nitrogens with zero attached hydrogens (tertiary/aromatic N) is 1. The number of benzene rings is 2. The van der Waals surface area contributed by atoms with Crippen LogP contribution in [0.4, 0.5) is 0 Å². The highest BCUT2D eigenvalue weighted by Crippen LogP contribution is 2.38. The summed E-state index contributed by atoms with van der Waals surface area (Å²) in [4.78, 5) is 26.5. The predicted octanol–water partition coefficient (Wildman–Crippen LogP) is 5.34. The topological polar surface area (TPSA) is 39.1 Å². The summed E-state index contributed by atoms with van der Waals surface area (Å²) in [6.45, 7) is 6.07. The zero-order valence-electron chi connectivity index (χ0n) is 14.8. The number of hydrogen-bond donors (Lipinski definition) is 0. The van der Waals surface area contributed by atoms with Crippen LogP contribution >= 0.6 is 11.6 Å². The van der Waals surface area contributed by atoms with Crippen LogP contribution in [0, 0.1) is 0 Å². The third-order valence-corrected chi connectivity index (χ3v) is 4.99. The van der Waals surface area contributed by atoms with Crippen molar-refractivity contribution >= 4 is 23.2 Å². The fourth-order valence-corrected chi connectivity index (χ4v) is 3.60. The Morgan fingerprint density at radius 1 is 0.808 bits per heavy atom. The van der Waals surface area contributed by atoms with Gasteiger partial charge in [-0.3, -0.25) is 9.59 Å². The van der Waals surface area contributed by atoms with Crippen LogP contribution < -0.4 is 0 Å². The summed E-state index contributed by atoms with van der Waals surface area (Å²) in [5, 5.41) is 0.630. The molecule has 0 unspecified atom stereocenters. The highest BCUT2D eigenvalue weighted by molar-refractivity contribution is 6.31. The Morgan fingerprint density at radius 2 is 1.38 bits per heavy atom. The lowest BCUT2D eigenvalue weighted by Crippen LogP contribution is -2.29. The Bertz CT molecular complexity index is 1050. The first-order chi connectivity index (χ1) is 12.3. The maximum absolute atomic E-state index is 13.3. The zero-order valence-corrected chi connectivity index (χ0v) is 15.6. The second kappa shape index (κ2) is 5.68. The Labute approximate surface area is 157 Å². The van der Waals surface area contributed by atoms with Crippen molar-refractivity contribution in [3.63, 3.8) is 0 Å². The van der Waals surface area contributed by atoms with Gasteiger partial charge in [-0.2, -0.15) is 0 Å². The summed E-state index contributed by atoms with van der Waals surface area (Å²) < 4.78 is 1.92. The molecule has 1 aliphatic rings. The lowest BCUT2D eigenvalue weighted by Gasteiger charge is -2.26. The second-order valence-corrected chi connectivity index (χ2v) is 7.95. The van der Waals surface area contributed by atoms with Crippen LogP contribution in [-0.2, 0) is 5.54 Å². The third kappa shape index (κ3) is 2.43. The molecule has 0 spiro atoms. The minimum absolute atomic E-state index is 0.106. The Morgan fingerprint density at radius 3 is 1.96 bits per heavy atom. The van der Waals surface area contributed by atoms with Crippen molar-refractivity contribution in [2.24, 2.45) is 0 Å². The van der Waals surface area contributed by atoms with E-state index in [1.54, 1.807) is 36.4 Å². The highest BCUT2D eigenvalue weighted by atomic mass is 35.5. The van der Waals surface area contributed by atoms with E-state index in [0.717, 1.165) is 11.1 Å². The lowest BCUT2D eigenvalue weighted by atomic mass is 9.85. The molecule has 0 saturated carbocycles. The van der Waals surface area contributed by atoms with Gasteiger partial charge in [-0.1, -0.05) is 48.0 Å². The molecular formula is C22H18ClNO2. The molecule has 26 heavy (non-hydrogen) atoms. The summed E-state index contributed by atoms with van der Waals surface area (Å²) in [6.07, 6.45) is 1.91. The van der Waals surface area contributed by atoms with Gasteiger partial charge in [-0.05, 0) is 38.5 Å². The number of ketones is 2. The predicted molar refractivity (Wildman–Crippen MR) is 103 cm³/mol. The number of fused-ring (bicyclic) bond motifs is 2. The van der Waals surface area contributed by atoms with E-state index >= 15 is 0 Å². The van der Waals surface area contributed by atoms with Crippen LogP contribution in [-0.4, -0.2) is 16.1 Å². The van der Waals surface area contributed by atoms with Gasteiger partial charge in [-0.25, -0.2) is 0 Å². The van der Waals surface area contributed by atoms with Crippen LogP contribution in [0.2, 0.25) is 5.02 Å². The van der Waals surface area contributed by atoms with Crippen molar-refractivity contribution in [3.05, 3.63) is 82.1 Å². The van der Waals surface area contributed by atoms with Crippen molar-refractivity contribution in [2.45, 2.75) is 26.3 Å². The summed E-state index contributed by atoms with van der Waals surface area (Å²) in [5.74, 6) is -0.214. The van der Waals surface area contributed by atoms with E-state index in [1.807, 2.05) is 43.7 Å². The average molecular weight is 364 g/mol. The van der Waals surface area contributed by atoms with Gasteiger partial charge < -0.3 is 4.57 Å². The van der Waals surface area contributed by atoms with Crippen LogP contribution in [0.15, 0.2) is 54.7 Å². The van der Waals surface area contributed by atoms with E-state index in [0.29, 0.717) is 27.4 Å². The number of rotatable bonds is 1. The van der Waals surface area contributed by atoms with Gasteiger partial charge in [0.05, 0.1) is 5.56 Å². The van der Waals surface area contributed by atoms with Crippen LogP contribution in [0.3, 0.4) is 0 Å². The minimum atomic E-state index is -0.336. The summed E-state index contributed by atoms with van der Waals surface area (Å²) in [7, 11) is 0. The first kappa shape index (κ1) is 16.8. The number of carbonyl (C=O) groups is 2. The van der Waals surface area contributed by atoms with Crippen LogP contribution in [0.25, 0.3) is 11.1 Å². The fraction of sp³-hybridized carbons (Fsp3) is 0.182. The van der Waals surface area contributed by atoms with Gasteiger partial charge in [0.2, 0.25) is 5.78 Å². The maximum atomic E-state index is 13.3. The SMILES string of the molecule is CC(C)(C)n1cc(-c2ccc(Cl)cc2)c2c1C(=O)c1ccccc1C2=O. The number of hydrogen-bond acceptors (Lipinski definition) is 2. The molecule has 1 aliphatic carbocycles. The van der Waals surface area contributed by atoms with Gasteiger partial charge in [0, 0.05) is 33.4 Å². The quantitative estimate of drug-likeness (QED) is 0.458. The average Bonchev–Trinajstić information content (AvgIpc) is 3.02. The molecule has 0 atom stereocenters. The van der Waals surface area contributed by atoms with Crippen LogP contribution in [0.1, 0.15) is 52.7 Å². The molecule has 130 valence electrons. The molecular weight excluding hydrogens is 346 g/mol. The van der Waals surface area contributed by atoms with Gasteiger partial charge >= 0.3 is 0 Å². The molecule has 1 aromatic heterocycles. The normalized spacial score (nSPS) is 13.5. The number of halogens is 1. The Kier molecular flexibility index (Phi) is 3.67. The van der Waals surface area contributed by atoms with Crippen molar-refractivity contribution in [1.29, 1.82) is 0 Å². The van der Waals surface area contributed by atoms with E-state index in [2.05, 4.69) is 0 Å². The molecule has 1 heterocycles. The molecule has 0 saturated heterocycles. The van der Waals surface area contributed by atoms with Crippen molar-refractivity contribution in [3.8, 4) is 11.1 Å². The molecule has 2 aromatic carbocycles. The van der Waals surface area contributed by atoms with Crippen molar-refractivity contribution in [1.82, 2.24) is 4.57 Å². The van der Waals surface area contributed by atoms with Gasteiger partial charge in [0.1, 0.15) is 5.69 Å². The Hall–Kier alpha value is -2.65. The smallest absolute Gasteiger partial charge is 0.210 e. The van der Waals surface area contributed by atoms with E-state index in [1.165, 1.54) is 0 Å². The highest BCUT2D eigenvalue weighted by Gasteiger charge is 2.37. The molecule has 0 N–H and O–H groups in total. The third-order valence-electron chi connectivity index (χ3n) is 4.74. The van der Waals surface area contributed by atoms with E-state index < -0.39 is 0 Å². The van der Waals surface area contributed by atoms with E-state index in [9.17, 15) is 9.59 Å². The van der Waals surface area contributed by atoms with Crippen LogP contribution in [0.5, 0.6) is 0 Å². The zero-order chi connectivity index (χ0) is 18.6. The fourth-order valence-electron chi connectivity index (χ4n) is 3.48. The first-order valence-corrected chi connectivity index (χ1v) is 8.87. The molecule has 0 fully saturated rings. The summed E-state index contributed by atoms with van der Waals surface area (Å²) >= 11 is 6.01. The molecule has 0 bridgehead atoms. The molecule has 0 radical (unpaired) electrons. The molecule has 0 amide bonds. The van der Waals surface area contributed by atoms with Gasteiger partial charge in [0.15, 0.2) is 5.78 Å². The van der Waals surface area contributed by atoms with Gasteiger partial charge in [0.25, 0.3) is 0 Å². The summed E-state index contributed by atoms with van der Waals surface area (Å²) in [6, 6.07) is 14.4. The monoisotopic (exact) mass is 363 g/mol. The second-order valence-electron chi connectivity index (χ2n) is 7.52. The maximum Gasteiger partial charge on any atom is 0.210 e. The summed E-state index contributed by atoms with van der Waals surface area (Å²) in [5.41, 5.74) is 3.17. The standard InChI is InChI=1S/C22H18ClNO2/c1-22(2,3)24-12-17(13-8-10-14(23)11-9-13)18-19(24)21(26)16-7-5-4-6-15(16)20(18)25/h4-12H,1-3H3. The van der Waals surface area contributed by atoms with Crippen molar-refractivity contribution in [2.75, 3.05) is 0 Å². The number of carbonyl (C=O) groups excluding carboxylic acids is 2. The Balaban J connectivity index is 2.05. The van der Waals surface area contributed by atoms with Gasteiger partial charge in [-0.15, -0.1) is 0 Å². The molecule has 0 aliphatic heterocycles. The first-order valence-electron chi connectivity index (χ1n) is 8.49. The van der Waals surface area contributed by atoms with E-state index in [4.69, 9.17) is 11.6 Å². The lowest BCUT2D eigenvalue weighted by molar-refractivity contribution is 0.0970. The van der Waals surface area contributed by atoms with Crippen molar-refractivity contribution < 1.29 is 9.59 Å².